The molecule has 1 aliphatic heterocycles. The maximum atomic E-state index is 4.44. The minimum Gasteiger partial charge on any atom is -0.335 e. The fourth-order valence-corrected chi connectivity index (χ4v) is 9.19. The fourth-order valence-electron chi connectivity index (χ4n) is 9.19. The van der Waals surface area contributed by atoms with Crippen LogP contribution in [0.4, 0.5) is 17.1 Å². The monoisotopic (exact) mass is 650 g/mol. The first kappa shape index (κ1) is 29.4. The Morgan fingerprint density at radius 3 is 1.92 bits per heavy atom. The summed E-state index contributed by atoms with van der Waals surface area (Å²) in [6, 6.07) is 53.3. The van der Waals surface area contributed by atoms with E-state index in [1.54, 1.807) is 0 Å². The number of fused-ring (bicyclic) bond motifs is 11. The number of aliphatic imine (C=N–C) groups is 1. The van der Waals surface area contributed by atoms with Gasteiger partial charge in [0.05, 0.1) is 22.5 Å². The van der Waals surface area contributed by atoms with Gasteiger partial charge in [-0.15, -0.1) is 0 Å². The lowest BCUT2D eigenvalue weighted by molar-refractivity contribution is 0.787. The van der Waals surface area contributed by atoms with Crippen LogP contribution in [-0.2, 0) is 12.0 Å². The SMILES string of the molecule is C=CC1=C(C=C)C2(c3ccccc31)c1ccccc1-c1ccc(-c3ccc4c(c3)N(c3ccccc3N=C)Cc3cc5ccccc5cc3-4)cc12. The van der Waals surface area contributed by atoms with Gasteiger partial charge in [0.1, 0.15) is 0 Å². The second-order valence-corrected chi connectivity index (χ2v) is 13.7. The van der Waals surface area contributed by atoms with Gasteiger partial charge in [-0.25, -0.2) is 0 Å². The number of nitrogens with zero attached hydrogens (tertiary/aromatic N) is 2. The number of rotatable bonds is 5. The minimum atomic E-state index is -0.474. The van der Waals surface area contributed by atoms with E-state index >= 15 is 0 Å². The Labute approximate surface area is 298 Å². The van der Waals surface area contributed by atoms with Gasteiger partial charge in [-0.2, -0.15) is 0 Å². The number of anilines is 2. The molecule has 1 unspecified atom stereocenters. The van der Waals surface area contributed by atoms with Crippen LogP contribution in [0.5, 0.6) is 0 Å². The van der Waals surface area contributed by atoms with E-state index in [4.69, 9.17) is 0 Å². The molecule has 1 heterocycles. The van der Waals surface area contributed by atoms with Gasteiger partial charge in [0, 0.05) is 12.1 Å². The van der Waals surface area contributed by atoms with Gasteiger partial charge in [0.2, 0.25) is 0 Å². The van der Waals surface area contributed by atoms with E-state index in [1.165, 1.54) is 77.5 Å². The molecule has 0 saturated carbocycles. The van der Waals surface area contributed by atoms with Crippen molar-refractivity contribution in [3.05, 3.63) is 204 Å². The predicted octanol–water partition coefficient (Wildman–Crippen LogP) is 12.6. The molecule has 2 nitrogen and oxygen atoms in total. The Balaban J connectivity index is 1.21. The summed E-state index contributed by atoms with van der Waals surface area (Å²) in [6.45, 7) is 13.3. The molecule has 1 spiro atoms. The van der Waals surface area contributed by atoms with Crippen molar-refractivity contribution in [3.8, 4) is 33.4 Å². The van der Waals surface area contributed by atoms with Crippen LogP contribution in [-0.4, -0.2) is 6.72 Å². The molecule has 7 aromatic rings. The molecule has 0 saturated heterocycles. The molecule has 0 fully saturated rings. The van der Waals surface area contributed by atoms with Crippen molar-refractivity contribution < 1.29 is 0 Å². The Hall–Kier alpha value is -6.51. The number of para-hydroxylation sites is 2. The maximum Gasteiger partial charge on any atom is 0.0859 e. The molecule has 1 atom stereocenters. The van der Waals surface area contributed by atoms with E-state index in [0.29, 0.717) is 0 Å². The molecule has 0 N–H and O–H groups in total. The van der Waals surface area contributed by atoms with E-state index in [0.717, 1.165) is 29.2 Å². The lowest BCUT2D eigenvalue weighted by Gasteiger charge is -2.34. The van der Waals surface area contributed by atoms with Gasteiger partial charge in [-0.3, -0.25) is 4.99 Å². The zero-order valence-electron chi connectivity index (χ0n) is 28.2. The Kier molecular flexibility index (Phi) is 6.34. The number of allylic oxidation sites excluding steroid dienone is 4. The molecular formula is C49H34N2. The van der Waals surface area contributed by atoms with Crippen LogP contribution in [0.1, 0.15) is 27.8 Å². The molecule has 0 radical (unpaired) electrons. The van der Waals surface area contributed by atoms with E-state index in [9.17, 15) is 0 Å². The van der Waals surface area contributed by atoms with Gasteiger partial charge in [0.15, 0.2) is 0 Å². The van der Waals surface area contributed by atoms with Crippen molar-refractivity contribution in [3.63, 3.8) is 0 Å². The number of hydrogen-bond donors (Lipinski definition) is 0. The zero-order valence-corrected chi connectivity index (χ0v) is 28.2. The van der Waals surface area contributed by atoms with Crippen LogP contribution in [0.2, 0.25) is 0 Å². The Morgan fingerprint density at radius 1 is 0.529 bits per heavy atom. The van der Waals surface area contributed by atoms with Crippen LogP contribution < -0.4 is 4.90 Å². The second kappa shape index (κ2) is 11.0. The topological polar surface area (TPSA) is 15.6 Å². The highest BCUT2D eigenvalue weighted by molar-refractivity contribution is 6.00. The second-order valence-electron chi connectivity index (χ2n) is 13.7. The molecule has 2 heteroatoms. The van der Waals surface area contributed by atoms with E-state index in [-0.39, 0.29) is 0 Å². The van der Waals surface area contributed by atoms with Crippen molar-refractivity contribution >= 4 is 40.1 Å². The van der Waals surface area contributed by atoms with Gasteiger partial charge < -0.3 is 4.90 Å². The molecule has 51 heavy (non-hydrogen) atoms. The highest BCUT2D eigenvalue weighted by atomic mass is 15.2. The summed E-state index contributed by atoms with van der Waals surface area (Å²) in [6.07, 6.45) is 4.06. The normalized spacial score (nSPS) is 16.4. The smallest absolute Gasteiger partial charge is 0.0859 e. The first-order valence-corrected chi connectivity index (χ1v) is 17.5. The Morgan fingerprint density at radius 2 is 1.16 bits per heavy atom. The molecule has 0 bridgehead atoms. The van der Waals surface area contributed by atoms with Crippen molar-refractivity contribution in [2.24, 2.45) is 4.99 Å². The molecule has 240 valence electrons. The van der Waals surface area contributed by atoms with Crippen LogP contribution in [0, 0.1) is 0 Å². The fraction of sp³-hybridized carbons (Fsp3) is 0.0408. The van der Waals surface area contributed by atoms with Crippen LogP contribution in [0.25, 0.3) is 49.7 Å². The summed E-state index contributed by atoms with van der Waals surface area (Å²) >= 11 is 0. The largest absolute Gasteiger partial charge is 0.335 e. The van der Waals surface area contributed by atoms with Crippen LogP contribution in [0.3, 0.4) is 0 Å². The summed E-state index contributed by atoms with van der Waals surface area (Å²) in [5.74, 6) is 0. The predicted molar refractivity (Wildman–Crippen MR) is 215 cm³/mol. The third-order valence-electron chi connectivity index (χ3n) is 11.3. The van der Waals surface area contributed by atoms with Crippen molar-refractivity contribution in [2.45, 2.75) is 12.0 Å². The molecule has 3 aliphatic rings. The summed E-state index contributed by atoms with van der Waals surface area (Å²) in [5, 5.41) is 2.50. The first-order chi connectivity index (χ1) is 25.1. The molecule has 7 aromatic carbocycles. The van der Waals surface area contributed by atoms with Gasteiger partial charge in [0.25, 0.3) is 0 Å². The summed E-state index contributed by atoms with van der Waals surface area (Å²) in [7, 11) is 0. The van der Waals surface area contributed by atoms with Crippen LogP contribution in [0.15, 0.2) is 181 Å². The lowest BCUT2D eigenvalue weighted by atomic mass is 9.69. The average Bonchev–Trinajstić information content (AvgIpc) is 3.65. The first-order valence-electron chi connectivity index (χ1n) is 17.5. The lowest BCUT2D eigenvalue weighted by Crippen LogP contribution is -2.26. The zero-order chi connectivity index (χ0) is 34.3. The summed E-state index contributed by atoms with van der Waals surface area (Å²) < 4.78 is 0. The molecule has 10 rings (SSSR count). The standard InChI is InChI=1S/C49H34N2/c1-4-36-37-16-8-10-18-43(37)49(42(36)5-2)44-19-11-9-17-38(44)39-24-22-33(28-45(39)49)34-23-25-40-41-27-32-15-7-6-14-31(32)26-35(41)30-51(48(40)29-34)47-21-13-12-20-46(47)50-3/h4-29H,1-3,30H2. The quantitative estimate of drug-likeness (QED) is 0.169. The van der Waals surface area contributed by atoms with Gasteiger partial charge in [-0.05, 0) is 121 Å². The third kappa shape index (κ3) is 3.96. The third-order valence-corrected chi connectivity index (χ3v) is 11.3. The summed E-state index contributed by atoms with van der Waals surface area (Å²) in [4.78, 5) is 6.85. The number of benzene rings is 7. The van der Waals surface area contributed by atoms with E-state index < -0.39 is 5.41 Å². The Bertz CT molecular complexity index is 2690. The molecule has 2 aliphatic carbocycles. The van der Waals surface area contributed by atoms with Crippen molar-refractivity contribution in [1.82, 2.24) is 0 Å². The van der Waals surface area contributed by atoms with Crippen molar-refractivity contribution in [1.29, 1.82) is 0 Å². The van der Waals surface area contributed by atoms with Crippen molar-refractivity contribution in [2.75, 3.05) is 4.90 Å². The van der Waals surface area contributed by atoms with E-state index in [2.05, 4.69) is 169 Å². The molecule has 0 aromatic heterocycles. The summed E-state index contributed by atoms with van der Waals surface area (Å²) in [5.41, 5.74) is 18.7. The van der Waals surface area contributed by atoms with Gasteiger partial charge in [-0.1, -0.05) is 135 Å². The molecular weight excluding hydrogens is 617 g/mol. The molecule has 0 amide bonds. The maximum absolute atomic E-state index is 4.44. The van der Waals surface area contributed by atoms with Crippen LogP contribution >= 0.6 is 0 Å². The number of hydrogen-bond acceptors (Lipinski definition) is 2. The highest BCUT2D eigenvalue weighted by Crippen LogP contribution is 2.62. The average molecular weight is 651 g/mol. The van der Waals surface area contributed by atoms with Gasteiger partial charge >= 0.3 is 0 Å². The highest BCUT2D eigenvalue weighted by Gasteiger charge is 2.51. The minimum absolute atomic E-state index is 0.474. The van der Waals surface area contributed by atoms with E-state index in [1.807, 2.05) is 18.2 Å².